The summed E-state index contributed by atoms with van der Waals surface area (Å²) in [5, 5.41) is 4.25. The van der Waals surface area contributed by atoms with Crippen LogP contribution in [0.2, 0.25) is 0 Å². The zero-order valence-corrected chi connectivity index (χ0v) is 13.3. The average Bonchev–Trinajstić information content (AvgIpc) is 2.93. The lowest BCUT2D eigenvalue weighted by molar-refractivity contribution is 0.107. The van der Waals surface area contributed by atoms with E-state index in [2.05, 4.69) is 16.7 Å². The van der Waals surface area contributed by atoms with E-state index in [9.17, 15) is 0 Å². The molecule has 1 heterocycles. The van der Waals surface area contributed by atoms with Crippen LogP contribution in [-0.2, 0) is 13.5 Å². The van der Waals surface area contributed by atoms with Crippen LogP contribution in [0.3, 0.4) is 0 Å². The Kier molecular flexibility index (Phi) is 4.96. The third-order valence-corrected chi connectivity index (χ3v) is 5.87. The number of aromatic nitrogens is 2. The predicted octanol–water partition coefficient (Wildman–Crippen LogP) is 2.79. The molecule has 1 aromatic heterocycles. The van der Waals surface area contributed by atoms with E-state index >= 15 is 0 Å². The minimum absolute atomic E-state index is 0.466. The van der Waals surface area contributed by atoms with Crippen molar-refractivity contribution in [1.82, 2.24) is 15.2 Å². The van der Waals surface area contributed by atoms with E-state index in [1.165, 1.54) is 50.5 Å². The van der Waals surface area contributed by atoms with Gasteiger partial charge in [0.1, 0.15) is 0 Å². The van der Waals surface area contributed by atoms with Gasteiger partial charge in [-0.3, -0.25) is 16.0 Å². The molecule has 1 aromatic rings. The lowest BCUT2D eigenvalue weighted by Crippen LogP contribution is -2.44. The van der Waals surface area contributed by atoms with Crippen LogP contribution in [0.25, 0.3) is 0 Å². The smallest absolute Gasteiger partial charge is 0.0521 e. The molecule has 2 fully saturated rings. The Morgan fingerprint density at radius 3 is 2.81 bits per heavy atom. The van der Waals surface area contributed by atoms with Crippen LogP contribution in [0.15, 0.2) is 12.4 Å². The highest BCUT2D eigenvalue weighted by atomic mass is 15.2. The first-order valence-corrected chi connectivity index (χ1v) is 8.70. The third-order valence-electron chi connectivity index (χ3n) is 5.87. The molecule has 0 saturated heterocycles. The molecule has 0 bridgehead atoms. The Morgan fingerprint density at radius 2 is 2.10 bits per heavy atom. The summed E-state index contributed by atoms with van der Waals surface area (Å²) in [5.41, 5.74) is 4.44. The van der Waals surface area contributed by atoms with E-state index in [1.807, 2.05) is 17.9 Å². The van der Waals surface area contributed by atoms with E-state index in [0.29, 0.717) is 6.04 Å². The van der Waals surface area contributed by atoms with Crippen LogP contribution in [0.5, 0.6) is 0 Å². The SMILES string of the molecule is Cn1cc(CCC(NN)C2CCC3CCCCC3C2)cn1. The largest absolute Gasteiger partial charge is 0.276 e. The van der Waals surface area contributed by atoms with Crippen LogP contribution in [-0.4, -0.2) is 15.8 Å². The topological polar surface area (TPSA) is 55.9 Å². The first-order valence-electron chi connectivity index (χ1n) is 8.70. The van der Waals surface area contributed by atoms with Crippen molar-refractivity contribution in [3.63, 3.8) is 0 Å². The van der Waals surface area contributed by atoms with E-state index in [4.69, 9.17) is 5.84 Å². The molecular weight excluding hydrogens is 260 g/mol. The van der Waals surface area contributed by atoms with E-state index in [0.717, 1.165) is 30.6 Å². The van der Waals surface area contributed by atoms with Gasteiger partial charge in [0.2, 0.25) is 0 Å². The van der Waals surface area contributed by atoms with Crippen molar-refractivity contribution in [1.29, 1.82) is 0 Å². The second-order valence-corrected chi connectivity index (χ2v) is 7.21. The minimum Gasteiger partial charge on any atom is -0.276 e. The molecule has 0 aromatic carbocycles. The molecule has 4 unspecified atom stereocenters. The fourth-order valence-corrected chi connectivity index (χ4v) is 4.65. The maximum Gasteiger partial charge on any atom is 0.0521 e. The minimum atomic E-state index is 0.466. The molecule has 118 valence electrons. The summed E-state index contributed by atoms with van der Waals surface area (Å²) in [6.07, 6.45) is 16.3. The Morgan fingerprint density at radius 1 is 1.29 bits per heavy atom. The molecule has 2 aliphatic rings. The number of aryl methyl sites for hydroxylation is 2. The molecule has 0 radical (unpaired) electrons. The molecular formula is C17H30N4. The molecule has 0 aliphatic heterocycles. The van der Waals surface area contributed by atoms with Crippen LogP contribution in [0, 0.1) is 17.8 Å². The van der Waals surface area contributed by atoms with Crippen LogP contribution in [0.1, 0.15) is 56.9 Å². The summed E-state index contributed by atoms with van der Waals surface area (Å²) in [5.74, 6) is 8.64. The maximum absolute atomic E-state index is 5.87. The summed E-state index contributed by atoms with van der Waals surface area (Å²) in [6, 6.07) is 0.466. The van der Waals surface area contributed by atoms with Crippen LogP contribution < -0.4 is 11.3 Å². The zero-order chi connectivity index (χ0) is 14.7. The van der Waals surface area contributed by atoms with E-state index in [-0.39, 0.29) is 0 Å². The predicted molar refractivity (Wildman–Crippen MR) is 85.4 cm³/mol. The summed E-state index contributed by atoms with van der Waals surface area (Å²) in [4.78, 5) is 0. The molecule has 3 N–H and O–H groups in total. The average molecular weight is 290 g/mol. The number of nitrogens with one attached hydrogen (secondary N) is 1. The standard InChI is InChI=1S/C17H30N4/c1-21-12-13(11-19-21)6-9-17(20-18)16-8-7-14-4-2-3-5-15(14)10-16/h11-12,14-17,20H,2-10,18H2,1H3. The molecule has 2 saturated carbocycles. The normalized spacial score (nSPS) is 30.9. The lowest BCUT2D eigenvalue weighted by atomic mass is 9.66. The van der Waals surface area contributed by atoms with Crippen molar-refractivity contribution in [3.8, 4) is 0 Å². The van der Waals surface area contributed by atoms with Gasteiger partial charge < -0.3 is 0 Å². The summed E-state index contributed by atoms with van der Waals surface area (Å²) in [7, 11) is 1.98. The maximum atomic E-state index is 5.87. The molecule has 0 amide bonds. The van der Waals surface area contributed by atoms with Gasteiger partial charge >= 0.3 is 0 Å². The van der Waals surface area contributed by atoms with Crippen molar-refractivity contribution in [2.45, 2.75) is 63.8 Å². The fourth-order valence-electron chi connectivity index (χ4n) is 4.65. The van der Waals surface area contributed by atoms with Crippen molar-refractivity contribution in [2.75, 3.05) is 0 Å². The van der Waals surface area contributed by atoms with Gasteiger partial charge in [-0.05, 0) is 55.4 Å². The number of hydrogen-bond acceptors (Lipinski definition) is 3. The van der Waals surface area contributed by atoms with Gasteiger partial charge in [0.25, 0.3) is 0 Å². The first-order chi connectivity index (χ1) is 10.3. The van der Waals surface area contributed by atoms with E-state index in [1.54, 1.807) is 0 Å². The van der Waals surface area contributed by atoms with Crippen LogP contribution >= 0.6 is 0 Å². The zero-order valence-electron chi connectivity index (χ0n) is 13.3. The van der Waals surface area contributed by atoms with Crippen molar-refractivity contribution < 1.29 is 0 Å². The highest BCUT2D eigenvalue weighted by Crippen LogP contribution is 2.43. The third kappa shape index (κ3) is 3.67. The first kappa shape index (κ1) is 15.0. The monoisotopic (exact) mass is 290 g/mol. The molecule has 3 rings (SSSR count). The Balaban J connectivity index is 1.53. The lowest BCUT2D eigenvalue weighted by Gasteiger charge is -2.41. The van der Waals surface area contributed by atoms with Crippen molar-refractivity contribution in [3.05, 3.63) is 18.0 Å². The number of hydrazine groups is 1. The summed E-state index contributed by atoms with van der Waals surface area (Å²) < 4.78 is 1.88. The number of nitrogens with zero attached hydrogens (tertiary/aromatic N) is 2. The molecule has 4 nitrogen and oxygen atoms in total. The highest BCUT2D eigenvalue weighted by Gasteiger charge is 2.34. The van der Waals surface area contributed by atoms with E-state index < -0.39 is 0 Å². The molecule has 2 aliphatic carbocycles. The second kappa shape index (κ2) is 6.93. The summed E-state index contributed by atoms with van der Waals surface area (Å²) >= 11 is 0. The molecule has 4 atom stereocenters. The molecule has 21 heavy (non-hydrogen) atoms. The number of hydrogen-bond donors (Lipinski definition) is 2. The molecule has 4 heteroatoms. The fraction of sp³-hybridized carbons (Fsp3) is 0.824. The summed E-state index contributed by atoms with van der Waals surface area (Å²) in [6.45, 7) is 0. The Labute approximate surface area is 128 Å². The van der Waals surface area contributed by atoms with Crippen molar-refractivity contribution in [2.24, 2.45) is 30.6 Å². The number of nitrogens with two attached hydrogens (primary N) is 1. The van der Waals surface area contributed by atoms with Gasteiger partial charge in [-0.2, -0.15) is 5.10 Å². The van der Waals surface area contributed by atoms with Gasteiger partial charge in [0, 0.05) is 19.3 Å². The highest BCUT2D eigenvalue weighted by molar-refractivity contribution is 5.04. The van der Waals surface area contributed by atoms with Gasteiger partial charge in [0.05, 0.1) is 6.20 Å². The van der Waals surface area contributed by atoms with Gasteiger partial charge in [-0.1, -0.05) is 25.7 Å². The van der Waals surface area contributed by atoms with Gasteiger partial charge in [0.15, 0.2) is 0 Å². The number of fused-ring (bicyclic) bond motifs is 1. The molecule has 0 spiro atoms. The Hall–Kier alpha value is -0.870. The second-order valence-electron chi connectivity index (χ2n) is 7.21. The van der Waals surface area contributed by atoms with Crippen molar-refractivity contribution >= 4 is 0 Å². The van der Waals surface area contributed by atoms with Gasteiger partial charge in [-0.25, -0.2) is 0 Å². The number of rotatable bonds is 5. The quantitative estimate of drug-likeness (QED) is 0.647. The van der Waals surface area contributed by atoms with Gasteiger partial charge in [-0.15, -0.1) is 0 Å². The van der Waals surface area contributed by atoms with Crippen LogP contribution in [0.4, 0.5) is 0 Å². The Bertz CT molecular complexity index is 442.